The van der Waals surface area contributed by atoms with Crippen LogP contribution in [0.2, 0.25) is 0 Å². The zero-order valence-electron chi connectivity index (χ0n) is 12.4. The van der Waals surface area contributed by atoms with Crippen molar-refractivity contribution in [3.8, 4) is 0 Å². The Morgan fingerprint density at radius 3 is 1.89 bits per heavy atom. The Kier molecular flexibility index (Phi) is 6.16. The van der Waals surface area contributed by atoms with Gasteiger partial charge in [-0.3, -0.25) is 0 Å². The smallest absolute Gasteiger partial charge is 0.0453 e. The second-order valence-electron chi connectivity index (χ2n) is 6.20. The van der Waals surface area contributed by atoms with Gasteiger partial charge in [0.2, 0.25) is 0 Å². The molecule has 3 heteroatoms. The van der Waals surface area contributed by atoms with E-state index in [1.165, 1.54) is 11.1 Å². The summed E-state index contributed by atoms with van der Waals surface area (Å²) in [6.45, 7) is 9.59. The summed E-state index contributed by atoms with van der Waals surface area (Å²) in [6, 6.07) is 8.75. The average molecular weight is 302 g/mol. The largest absolute Gasteiger partial charge is 0.305 e. The van der Waals surface area contributed by atoms with E-state index in [1.807, 2.05) is 0 Å². The van der Waals surface area contributed by atoms with Gasteiger partial charge in [-0.05, 0) is 23.0 Å². The third kappa shape index (κ3) is 4.66. The summed E-state index contributed by atoms with van der Waals surface area (Å²) in [5.41, 5.74) is 2.66. The quantitative estimate of drug-likeness (QED) is 0.751. The maximum atomic E-state index is 6.03. The molecule has 0 bridgehead atoms. The molecule has 0 fully saturated rings. The standard InChI is InChI=1S/C16H25Cl2N/c1-5-16(11-17,12-18)19-10-13-6-8-14(9-7-13)15(2,3)4/h6-9,19H,5,10-12H2,1-4H3. The third-order valence-corrected chi connectivity index (χ3v) is 4.70. The van der Waals surface area contributed by atoms with Crippen molar-refractivity contribution in [1.29, 1.82) is 0 Å². The first kappa shape index (κ1) is 16.8. The van der Waals surface area contributed by atoms with Crippen LogP contribution in [0.25, 0.3) is 0 Å². The van der Waals surface area contributed by atoms with Gasteiger partial charge in [0.25, 0.3) is 0 Å². The van der Waals surface area contributed by atoms with Gasteiger partial charge in [0.15, 0.2) is 0 Å². The summed E-state index contributed by atoms with van der Waals surface area (Å²) in [6.07, 6.45) is 0.931. The van der Waals surface area contributed by atoms with E-state index in [0.29, 0.717) is 11.8 Å². The van der Waals surface area contributed by atoms with Gasteiger partial charge in [-0.15, -0.1) is 23.2 Å². The fraction of sp³-hybridized carbons (Fsp3) is 0.625. The molecule has 19 heavy (non-hydrogen) atoms. The summed E-state index contributed by atoms with van der Waals surface area (Å²) in [4.78, 5) is 0. The first-order valence-corrected chi connectivity index (χ1v) is 7.90. The summed E-state index contributed by atoms with van der Waals surface area (Å²) in [5, 5.41) is 3.49. The van der Waals surface area contributed by atoms with Crippen molar-refractivity contribution in [2.75, 3.05) is 11.8 Å². The number of hydrogen-bond acceptors (Lipinski definition) is 1. The lowest BCUT2D eigenvalue weighted by Gasteiger charge is -2.30. The molecule has 0 aliphatic carbocycles. The summed E-state index contributed by atoms with van der Waals surface area (Å²) in [5.74, 6) is 1.07. The van der Waals surface area contributed by atoms with Crippen LogP contribution in [0, 0.1) is 0 Å². The van der Waals surface area contributed by atoms with Crippen LogP contribution in [-0.4, -0.2) is 17.3 Å². The average Bonchev–Trinajstić information content (AvgIpc) is 2.40. The van der Waals surface area contributed by atoms with Gasteiger partial charge in [-0.1, -0.05) is 52.0 Å². The van der Waals surface area contributed by atoms with Crippen molar-refractivity contribution in [2.45, 2.75) is 51.6 Å². The Bertz CT molecular complexity index is 366. The van der Waals surface area contributed by atoms with Crippen LogP contribution in [0.5, 0.6) is 0 Å². The second-order valence-corrected chi connectivity index (χ2v) is 6.74. The molecule has 1 nitrogen and oxygen atoms in total. The van der Waals surface area contributed by atoms with Crippen LogP contribution in [-0.2, 0) is 12.0 Å². The fourth-order valence-electron chi connectivity index (χ4n) is 1.86. The Morgan fingerprint density at radius 2 is 1.53 bits per heavy atom. The van der Waals surface area contributed by atoms with E-state index in [4.69, 9.17) is 23.2 Å². The monoisotopic (exact) mass is 301 g/mol. The van der Waals surface area contributed by atoms with Crippen LogP contribution in [0.1, 0.15) is 45.2 Å². The predicted octanol–water partition coefficient (Wildman–Crippen LogP) is 4.70. The Labute approximate surface area is 127 Å². The van der Waals surface area contributed by atoms with Crippen LogP contribution < -0.4 is 5.32 Å². The Morgan fingerprint density at radius 1 is 1.00 bits per heavy atom. The molecule has 0 saturated carbocycles. The second kappa shape index (κ2) is 6.97. The molecule has 0 spiro atoms. The topological polar surface area (TPSA) is 12.0 Å². The van der Waals surface area contributed by atoms with E-state index in [2.05, 4.69) is 57.3 Å². The molecular formula is C16H25Cl2N. The van der Waals surface area contributed by atoms with Crippen LogP contribution in [0.15, 0.2) is 24.3 Å². The molecular weight excluding hydrogens is 277 g/mol. The number of rotatable bonds is 6. The maximum Gasteiger partial charge on any atom is 0.0453 e. The minimum Gasteiger partial charge on any atom is -0.305 e. The van der Waals surface area contributed by atoms with Gasteiger partial charge in [-0.25, -0.2) is 0 Å². The van der Waals surface area contributed by atoms with Crippen molar-refractivity contribution >= 4 is 23.2 Å². The first-order valence-electron chi connectivity index (χ1n) is 6.83. The van der Waals surface area contributed by atoms with Crippen LogP contribution >= 0.6 is 23.2 Å². The molecule has 0 aliphatic rings. The molecule has 1 N–H and O–H groups in total. The van der Waals surface area contributed by atoms with Crippen molar-refractivity contribution in [3.63, 3.8) is 0 Å². The lowest BCUT2D eigenvalue weighted by molar-refractivity contribution is 0.384. The maximum absolute atomic E-state index is 6.03. The van der Waals surface area contributed by atoms with E-state index in [1.54, 1.807) is 0 Å². The zero-order chi connectivity index (χ0) is 14.5. The molecule has 0 unspecified atom stereocenters. The Balaban J connectivity index is 2.69. The normalized spacial score (nSPS) is 12.7. The van der Waals surface area contributed by atoms with E-state index in [0.717, 1.165) is 13.0 Å². The van der Waals surface area contributed by atoms with Gasteiger partial charge >= 0.3 is 0 Å². The highest BCUT2D eigenvalue weighted by Gasteiger charge is 2.25. The summed E-state index contributed by atoms with van der Waals surface area (Å²) < 4.78 is 0. The molecule has 0 aromatic heterocycles. The molecule has 0 radical (unpaired) electrons. The van der Waals surface area contributed by atoms with Crippen molar-refractivity contribution in [2.24, 2.45) is 0 Å². The SMILES string of the molecule is CCC(CCl)(CCl)NCc1ccc(C(C)(C)C)cc1. The highest BCUT2D eigenvalue weighted by Crippen LogP contribution is 2.22. The van der Waals surface area contributed by atoms with E-state index < -0.39 is 0 Å². The van der Waals surface area contributed by atoms with Gasteiger partial charge in [0.1, 0.15) is 0 Å². The molecule has 1 rings (SSSR count). The highest BCUT2D eigenvalue weighted by atomic mass is 35.5. The fourth-order valence-corrected chi connectivity index (χ4v) is 2.71. The van der Waals surface area contributed by atoms with Crippen molar-refractivity contribution in [3.05, 3.63) is 35.4 Å². The highest BCUT2D eigenvalue weighted by molar-refractivity contribution is 6.22. The molecule has 1 aromatic rings. The molecule has 0 atom stereocenters. The number of hydrogen-bond donors (Lipinski definition) is 1. The lowest BCUT2D eigenvalue weighted by atomic mass is 9.86. The first-order chi connectivity index (χ1) is 8.87. The minimum absolute atomic E-state index is 0.161. The van der Waals surface area contributed by atoms with Crippen LogP contribution in [0.3, 0.4) is 0 Å². The minimum atomic E-state index is -0.161. The summed E-state index contributed by atoms with van der Waals surface area (Å²) in [7, 11) is 0. The van der Waals surface area contributed by atoms with E-state index in [9.17, 15) is 0 Å². The molecule has 0 aliphatic heterocycles. The van der Waals surface area contributed by atoms with Gasteiger partial charge in [0, 0.05) is 23.8 Å². The molecule has 0 heterocycles. The van der Waals surface area contributed by atoms with Gasteiger partial charge in [0.05, 0.1) is 0 Å². The van der Waals surface area contributed by atoms with E-state index in [-0.39, 0.29) is 11.0 Å². The predicted molar refractivity (Wildman–Crippen MR) is 86.4 cm³/mol. The molecule has 108 valence electrons. The molecule has 0 saturated heterocycles. The third-order valence-electron chi connectivity index (χ3n) is 3.68. The van der Waals surface area contributed by atoms with E-state index >= 15 is 0 Å². The number of halogens is 2. The van der Waals surface area contributed by atoms with Crippen molar-refractivity contribution in [1.82, 2.24) is 5.32 Å². The zero-order valence-corrected chi connectivity index (χ0v) is 13.9. The van der Waals surface area contributed by atoms with Crippen molar-refractivity contribution < 1.29 is 0 Å². The Hall–Kier alpha value is -0.240. The molecule has 0 amide bonds. The lowest BCUT2D eigenvalue weighted by Crippen LogP contribution is -2.47. The van der Waals surface area contributed by atoms with Crippen LogP contribution in [0.4, 0.5) is 0 Å². The molecule has 1 aromatic carbocycles. The number of alkyl halides is 2. The van der Waals surface area contributed by atoms with Gasteiger partial charge in [-0.2, -0.15) is 0 Å². The number of nitrogens with one attached hydrogen (secondary N) is 1. The van der Waals surface area contributed by atoms with Gasteiger partial charge < -0.3 is 5.32 Å². The summed E-state index contributed by atoms with van der Waals surface area (Å²) >= 11 is 12.1. The number of benzene rings is 1.